The number of ether oxygens (including phenoxy) is 1. The second-order valence-corrected chi connectivity index (χ2v) is 5.53. The average Bonchev–Trinajstić information content (AvgIpc) is 3.13. The van der Waals surface area contributed by atoms with Crippen LogP contribution >= 0.6 is 11.6 Å². The fraction of sp³-hybridized carbons (Fsp3) is 0.125. The van der Waals surface area contributed by atoms with Gasteiger partial charge >= 0.3 is 6.09 Å². The number of anilines is 1. The Labute approximate surface area is 131 Å². The third kappa shape index (κ3) is 2.10. The number of aromatic nitrogens is 2. The minimum Gasteiger partial charge on any atom is -0.447 e. The maximum atomic E-state index is 12.2. The highest BCUT2D eigenvalue weighted by molar-refractivity contribution is 6.30. The number of hydrogen-bond donors (Lipinski definition) is 0. The van der Waals surface area contributed by atoms with Gasteiger partial charge in [-0.2, -0.15) is 0 Å². The molecular formula is C16H12ClN3O2. The summed E-state index contributed by atoms with van der Waals surface area (Å²) in [5.41, 5.74) is 2.53. The molecule has 1 fully saturated rings. The number of carbonyl (C=O) groups is 1. The van der Waals surface area contributed by atoms with E-state index < -0.39 is 0 Å². The molecule has 0 aliphatic carbocycles. The van der Waals surface area contributed by atoms with Gasteiger partial charge in [0.25, 0.3) is 0 Å². The molecular weight excluding hydrogens is 302 g/mol. The molecule has 3 aromatic rings. The predicted octanol–water partition coefficient (Wildman–Crippen LogP) is 3.69. The number of rotatable bonds is 2. The van der Waals surface area contributed by atoms with Crippen LogP contribution in [0.3, 0.4) is 0 Å². The molecule has 0 radical (unpaired) electrons. The van der Waals surface area contributed by atoms with Crippen LogP contribution in [0.5, 0.6) is 0 Å². The van der Waals surface area contributed by atoms with E-state index in [4.69, 9.17) is 16.3 Å². The zero-order chi connectivity index (χ0) is 15.1. The van der Waals surface area contributed by atoms with Crippen LogP contribution in [-0.2, 0) is 4.74 Å². The van der Waals surface area contributed by atoms with Crippen molar-refractivity contribution < 1.29 is 9.53 Å². The largest absolute Gasteiger partial charge is 0.447 e. The topological polar surface area (TPSA) is 46.8 Å². The van der Waals surface area contributed by atoms with E-state index >= 15 is 0 Å². The van der Waals surface area contributed by atoms with Crippen LogP contribution in [0.1, 0.15) is 11.6 Å². The van der Waals surface area contributed by atoms with Crippen molar-refractivity contribution in [2.45, 2.75) is 6.04 Å². The molecule has 1 amide bonds. The second kappa shape index (κ2) is 5.03. The van der Waals surface area contributed by atoms with Crippen molar-refractivity contribution in [2.24, 2.45) is 0 Å². The molecule has 1 saturated heterocycles. The fourth-order valence-electron chi connectivity index (χ4n) is 2.69. The highest BCUT2D eigenvalue weighted by atomic mass is 35.5. The van der Waals surface area contributed by atoms with Crippen molar-refractivity contribution in [1.82, 2.24) is 9.38 Å². The first-order valence-electron chi connectivity index (χ1n) is 6.86. The lowest BCUT2D eigenvalue weighted by atomic mass is 10.1. The molecule has 1 aliphatic rings. The van der Waals surface area contributed by atoms with E-state index in [9.17, 15) is 4.79 Å². The van der Waals surface area contributed by atoms with Crippen LogP contribution in [0, 0.1) is 0 Å². The molecule has 110 valence electrons. The van der Waals surface area contributed by atoms with Gasteiger partial charge in [-0.1, -0.05) is 23.7 Å². The van der Waals surface area contributed by atoms with Crippen molar-refractivity contribution in [1.29, 1.82) is 0 Å². The number of amides is 1. The highest BCUT2D eigenvalue weighted by Gasteiger charge is 2.35. The Kier molecular flexibility index (Phi) is 3.01. The van der Waals surface area contributed by atoms with E-state index in [1.54, 1.807) is 11.1 Å². The van der Waals surface area contributed by atoms with Crippen LogP contribution in [0.2, 0.25) is 5.02 Å². The average molecular weight is 314 g/mol. The zero-order valence-electron chi connectivity index (χ0n) is 11.5. The number of cyclic esters (lactones) is 1. The molecule has 0 bridgehead atoms. The summed E-state index contributed by atoms with van der Waals surface area (Å²) in [5, 5.41) is 0.666. The van der Waals surface area contributed by atoms with Gasteiger partial charge in [-0.05, 0) is 23.8 Å². The number of pyridine rings is 1. The van der Waals surface area contributed by atoms with Crippen LogP contribution in [0.4, 0.5) is 10.5 Å². The van der Waals surface area contributed by atoms with Crippen molar-refractivity contribution in [3.63, 3.8) is 0 Å². The lowest BCUT2D eigenvalue weighted by Crippen LogP contribution is -2.27. The quantitative estimate of drug-likeness (QED) is 0.725. The summed E-state index contributed by atoms with van der Waals surface area (Å²) in [7, 11) is 0. The lowest BCUT2D eigenvalue weighted by molar-refractivity contribution is 0.179. The number of fused-ring (bicyclic) bond motifs is 1. The number of nitrogens with zero attached hydrogens (tertiary/aromatic N) is 3. The molecule has 6 heteroatoms. The smallest absolute Gasteiger partial charge is 0.415 e. The molecule has 0 N–H and O–H groups in total. The molecule has 0 spiro atoms. The van der Waals surface area contributed by atoms with Gasteiger partial charge in [-0.3, -0.25) is 4.90 Å². The molecule has 2 aromatic heterocycles. The molecule has 0 saturated carbocycles. The Bertz CT molecular complexity index is 844. The monoisotopic (exact) mass is 313 g/mol. The number of hydrogen-bond acceptors (Lipinski definition) is 3. The van der Waals surface area contributed by atoms with Gasteiger partial charge in [-0.25, -0.2) is 9.78 Å². The van der Waals surface area contributed by atoms with Gasteiger partial charge in [0.1, 0.15) is 12.3 Å². The molecule has 1 aliphatic heterocycles. The standard InChI is InChI=1S/C16H12ClN3O2/c17-12-3-1-11(2-4-12)14-10-22-16(21)20(14)13-5-7-19-8-6-18-15(19)9-13/h1-9,14H,10H2/t14-/m1/s1. The lowest BCUT2D eigenvalue weighted by Gasteiger charge is -2.21. The number of carbonyl (C=O) groups excluding carboxylic acids is 1. The Morgan fingerprint density at radius 2 is 2.00 bits per heavy atom. The summed E-state index contributed by atoms with van der Waals surface area (Å²) in [4.78, 5) is 18.1. The minimum absolute atomic E-state index is 0.165. The minimum atomic E-state index is -0.351. The van der Waals surface area contributed by atoms with Crippen molar-refractivity contribution >= 4 is 29.0 Å². The van der Waals surface area contributed by atoms with E-state index in [-0.39, 0.29) is 12.1 Å². The van der Waals surface area contributed by atoms with Gasteiger partial charge in [0.15, 0.2) is 0 Å². The number of imidazole rings is 1. The zero-order valence-corrected chi connectivity index (χ0v) is 12.3. The summed E-state index contributed by atoms with van der Waals surface area (Å²) in [5.74, 6) is 0. The maximum absolute atomic E-state index is 12.2. The summed E-state index contributed by atoms with van der Waals surface area (Å²) in [6, 6.07) is 11.0. The molecule has 3 heterocycles. The van der Waals surface area contributed by atoms with Crippen LogP contribution in [0.15, 0.2) is 55.0 Å². The van der Waals surface area contributed by atoms with E-state index in [2.05, 4.69) is 4.98 Å². The Balaban J connectivity index is 1.76. The highest BCUT2D eigenvalue weighted by Crippen LogP contribution is 2.33. The van der Waals surface area contributed by atoms with Crippen LogP contribution < -0.4 is 4.90 Å². The van der Waals surface area contributed by atoms with Crippen molar-refractivity contribution in [3.05, 3.63) is 65.6 Å². The van der Waals surface area contributed by atoms with Gasteiger partial charge in [0.05, 0.1) is 11.7 Å². The Hall–Kier alpha value is -2.53. The molecule has 1 atom stereocenters. The molecule has 0 unspecified atom stereocenters. The Morgan fingerprint density at radius 3 is 2.82 bits per heavy atom. The summed E-state index contributed by atoms with van der Waals surface area (Å²) < 4.78 is 7.13. The maximum Gasteiger partial charge on any atom is 0.415 e. The molecule has 22 heavy (non-hydrogen) atoms. The fourth-order valence-corrected chi connectivity index (χ4v) is 2.81. The molecule has 1 aromatic carbocycles. The third-order valence-corrected chi connectivity index (χ3v) is 4.04. The summed E-state index contributed by atoms with van der Waals surface area (Å²) in [6.45, 7) is 0.320. The van der Waals surface area contributed by atoms with E-state index in [1.807, 2.05) is 53.2 Å². The second-order valence-electron chi connectivity index (χ2n) is 5.09. The molecule has 4 rings (SSSR count). The first-order chi connectivity index (χ1) is 10.7. The van der Waals surface area contributed by atoms with E-state index in [0.29, 0.717) is 11.6 Å². The van der Waals surface area contributed by atoms with Crippen molar-refractivity contribution in [2.75, 3.05) is 11.5 Å². The van der Waals surface area contributed by atoms with E-state index in [1.165, 1.54) is 0 Å². The van der Waals surface area contributed by atoms with Crippen LogP contribution in [-0.4, -0.2) is 22.1 Å². The van der Waals surface area contributed by atoms with Gasteiger partial charge < -0.3 is 9.14 Å². The van der Waals surface area contributed by atoms with Crippen molar-refractivity contribution in [3.8, 4) is 0 Å². The summed E-state index contributed by atoms with van der Waals surface area (Å²) >= 11 is 5.93. The summed E-state index contributed by atoms with van der Waals surface area (Å²) in [6.07, 6.45) is 5.11. The van der Waals surface area contributed by atoms with E-state index in [0.717, 1.165) is 16.9 Å². The third-order valence-electron chi connectivity index (χ3n) is 3.79. The normalized spacial score (nSPS) is 18.0. The van der Waals surface area contributed by atoms with Gasteiger partial charge in [0, 0.05) is 29.7 Å². The predicted molar refractivity (Wildman–Crippen MR) is 83.2 cm³/mol. The SMILES string of the molecule is O=C1OC[C@H](c2ccc(Cl)cc2)N1c1ccn2ccnc2c1. The van der Waals surface area contributed by atoms with Gasteiger partial charge in [-0.15, -0.1) is 0 Å². The first kappa shape index (κ1) is 13.2. The number of halogens is 1. The van der Waals surface area contributed by atoms with Crippen LogP contribution in [0.25, 0.3) is 5.65 Å². The Morgan fingerprint density at radius 1 is 1.18 bits per heavy atom. The van der Waals surface area contributed by atoms with Gasteiger partial charge in [0.2, 0.25) is 0 Å². The number of benzene rings is 1. The first-order valence-corrected chi connectivity index (χ1v) is 7.24. The molecule has 5 nitrogen and oxygen atoms in total.